The molecule has 0 unspecified atom stereocenters. The Labute approximate surface area is 91.1 Å². The van der Waals surface area contributed by atoms with Crippen LogP contribution in [0.15, 0.2) is 11.3 Å². The van der Waals surface area contributed by atoms with E-state index in [1.54, 1.807) is 0 Å². The molecule has 0 aliphatic rings. The summed E-state index contributed by atoms with van der Waals surface area (Å²) in [4.78, 5) is 0. The van der Waals surface area contributed by atoms with Crippen molar-refractivity contribution < 1.29 is 8.42 Å². The Balaban J connectivity index is 4.99. The van der Waals surface area contributed by atoms with Gasteiger partial charge < -0.3 is 0 Å². The van der Waals surface area contributed by atoms with Crippen molar-refractivity contribution >= 4 is 10.2 Å². The van der Waals surface area contributed by atoms with Crippen molar-refractivity contribution in [3.8, 4) is 6.07 Å². The maximum Gasteiger partial charge on any atom is 0.296 e. The molecule has 0 aromatic rings. The Morgan fingerprint density at radius 3 is 2.20 bits per heavy atom. The SMILES string of the molecule is CCC/C(C#N)=C(\CCC)NS(N)(=O)=O. The minimum atomic E-state index is -3.78. The zero-order valence-electron chi connectivity index (χ0n) is 9.08. The van der Waals surface area contributed by atoms with Crippen molar-refractivity contribution in [2.45, 2.75) is 39.5 Å². The quantitative estimate of drug-likeness (QED) is 0.671. The lowest BCUT2D eigenvalue weighted by Gasteiger charge is -2.10. The maximum atomic E-state index is 10.9. The van der Waals surface area contributed by atoms with E-state index in [-0.39, 0.29) is 0 Å². The fourth-order valence-electron chi connectivity index (χ4n) is 1.21. The highest BCUT2D eigenvalue weighted by molar-refractivity contribution is 7.87. The first kappa shape index (κ1) is 13.9. The Kier molecular flexibility index (Phi) is 5.97. The second-order valence-corrected chi connectivity index (χ2v) is 4.51. The molecule has 0 aromatic heterocycles. The number of nitrogens with zero attached hydrogens (tertiary/aromatic N) is 1. The molecule has 0 aromatic carbocycles. The highest BCUT2D eigenvalue weighted by atomic mass is 32.2. The fraction of sp³-hybridized carbons (Fsp3) is 0.667. The summed E-state index contributed by atoms with van der Waals surface area (Å²) in [5, 5.41) is 13.7. The normalized spacial score (nSPS) is 12.9. The van der Waals surface area contributed by atoms with E-state index in [9.17, 15) is 8.42 Å². The summed E-state index contributed by atoms with van der Waals surface area (Å²) in [6.45, 7) is 3.84. The molecular formula is C9H17N3O2S. The van der Waals surface area contributed by atoms with E-state index in [4.69, 9.17) is 10.4 Å². The fourth-order valence-corrected chi connectivity index (χ4v) is 1.78. The molecule has 0 atom stereocenters. The topological polar surface area (TPSA) is 96.0 Å². The smallest absolute Gasteiger partial charge is 0.274 e. The lowest BCUT2D eigenvalue weighted by atomic mass is 10.1. The molecule has 3 N–H and O–H groups in total. The zero-order valence-corrected chi connectivity index (χ0v) is 9.89. The molecule has 0 amide bonds. The summed E-state index contributed by atoms with van der Waals surface area (Å²) in [5.41, 5.74) is 0.887. The van der Waals surface area contributed by atoms with Gasteiger partial charge in [-0.25, -0.2) is 5.14 Å². The van der Waals surface area contributed by atoms with Crippen molar-refractivity contribution in [1.29, 1.82) is 5.26 Å². The lowest BCUT2D eigenvalue weighted by Crippen LogP contribution is -2.31. The van der Waals surface area contributed by atoms with Gasteiger partial charge in [-0.05, 0) is 12.8 Å². The van der Waals surface area contributed by atoms with E-state index in [2.05, 4.69) is 4.72 Å². The maximum absolute atomic E-state index is 10.9. The van der Waals surface area contributed by atoms with Crippen LogP contribution < -0.4 is 9.86 Å². The van der Waals surface area contributed by atoms with Crippen LogP contribution in [0.4, 0.5) is 0 Å². The molecule has 0 fully saturated rings. The molecule has 5 nitrogen and oxygen atoms in total. The molecule has 0 spiro atoms. The van der Waals surface area contributed by atoms with Gasteiger partial charge >= 0.3 is 0 Å². The standard InChI is InChI=1S/C9H17N3O2S/c1-3-5-8(7-10)9(6-4-2)12-15(11,13)14/h12H,3-6H2,1-2H3,(H2,11,13,14)/b9-8-. The molecule has 0 bridgehead atoms. The van der Waals surface area contributed by atoms with Gasteiger partial charge in [0.2, 0.25) is 0 Å². The molecule has 0 heterocycles. The van der Waals surface area contributed by atoms with E-state index in [1.165, 1.54) is 0 Å². The summed E-state index contributed by atoms with van der Waals surface area (Å²) in [5.74, 6) is 0. The largest absolute Gasteiger partial charge is 0.296 e. The Morgan fingerprint density at radius 2 is 1.87 bits per heavy atom. The molecule has 0 aliphatic heterocycles. The average molecular weight is 231 g/mol. The van der Waals surface area contributed by atoms with Gasteiger partial charge in [0.25, 0.3) is 10.2 Å². The van der Waals surface area contributed by atoms with E-state index in [0.717, 1.165) is 12.8 Å². The summed E-state index contributed by atoms with van der Waals surface area (Å²) in [7, 11) is -3.78. The Morgan fingerprint density at radius 1 is 1.33 bits per heavy atom. The minimum absolute atomic E-state index is 0.421. The van der Waals surface area contributed by atoms with Gasteiger partial charge in [-0.15, -0.1) is 0 Å². The van der Waals surface area contributed by atoms with E-state index >= 15 is 0 Å². The van der Waals surface area contributed by atoms with Crippen molar-refractivity contribution in [2.75, 3.05) is 0 Å². The van der Waals surface area contributed by atoms with Crippen LogP contribution in [0, 0.1) is 11.3 Å². The third kappa shape index (κ3) is 6.10. The van der Waals surface area contributed by atoms with Gasteiger partial charge in [-0.1, -0.05) is 26.7 Å². The third-order valence-corrected chi connectivity index (χ3v) is 2.30. The number of hydrogen-bond donors (Lipinski definition) is 2. The van der Waals surface area contributed by atoms with Crippen LogP contribution in [0.1, 0.15) is 39.5 Å². The van der Waals surface area contributed by atoms with Crippen LogP contribution in [0.2, 0.25) is 0 Å². The van der Waals surface area contributed by atoms with Gasteiger partial charge in [0.15, 0.2) is 0 Å². The van der Waals surface area contributed by atoms with Crippen LogP contribution in [0.3, 0.4) is 0 Å². The highest BCUT2D eigenvalue weighted by Crippen LogP contribution is 2.13. The van der Waals surface area contributed by atoms with Gasteiger partial charge in [0, 0.05) is 11.3 Å². The Bertz CT molecular complexity index is 365. The molecule has 0 rings (SSSR count). The Hall–Kier alpha value is -1.06. The molecule has 0 saturated carbocycles. The number of hydrogen-bond acceptors (Lipinski definition) is 3. The summed E-state index contributed by atoms with van der Waals surface area (Å²) < 4.78 is 23.9. The van der Waals surface area contributed by atoms with Crippen molar-refractivity contribution in [1.82, 2.24) is 4.72 Å². The number of nitrogens with one attached hydrogen (secondary N) is 1. The zero-order chi connectivity index (χ0) is 11.9. The first-order valence-electron chi connectivity index (χ1n) is 4.87. The van der Waals surface area contributed by atoms with Crippen LogP contribution in [-0.2, 0) is 10.2 Å². The first-order chi connectivity index (χ1) is 6.94. The second-order valence-electron chi connectivity index (χ2n) is 3.22. The third-order valence-electron chi connectivity index (χ3n) is 1.76. The first-order valence-corrected chi connectivity index (χ1v) is 6.41. The van der Waals surface area contributed by atoms with Gasteiger partial charge in [-0.3, -0.25) is 4.72 Å². The van der Waals surface area contributed by atoms with Gasteiger partial charge in [-0.2, -0.15) is 13.7 Å². The molecular weight excluding hydrogens is 214 g/mol. The highest BCUT2D eigenvalue weighted by Gasteiger charge is 2.10. The van der Waals surface area contributed by atoms with Crippen molar-refractivity contribution in [3.05, 3.63) is 11.3 Å². The van der Waals surface area contributed by atoms with Crippen LogP contribution >= 0.6 is 0 Å². The van der Waals surface area contributed by atoms with Gasteiger partial charge in [0.1, 0.15) is 0 Å². The molecule has 86 valence electrons. The summed E-state index contributed by atoms with van der Waals surface area (Å²) in [6.07, 6.45) is 2.63. The van der Waals surface area contributed by atoms with Crippen molar-refractivity contribution in [3.63, 3.8) is 0 Å². The summed E-state index contributed by atoms with van der Waals surface area (Å²) in [6, 6.07) is 2.01. The minimum Gasteiger partial charge on any atom is -0.274 e. The molecule has 0 aliphatic carbocycles. The van der Waals surface area contributed by atoms with Gasteiger partial charge in [0.05, 0.1) is 6.07 Å². The number of nitriles is 1. The lowest BCUT2D eigenvalue weighted by molar-refractivity contribution is 0.587. The van der Waals surface area contributed by atoms with Crippen LogP contribution in [-0.4, -0.2) is 8.42 Å². The van der Waals surface area contributed by atoms with Crippen LogP contribution in [0.5, 0.6) is 0 Å². The number of rotatable bonds is 6. The average Bonchev–Trinajstić information content (AvgIpc) is 2.11. The molecule has 15 heavy (non-hydrogen) atoms. The second kappa shape index (κ2) is 6.43. The number of allylic oxidation sites excluding steroid dienone is 2. The predicted octanol–water partition coefficient (Wildman–Crippen LogP) is 1.16. The van der Waals surface area contributed by atoms with Crippen LogP contribution in [0.25, 0.3) is 0 Å². The molecule has 6 heteroatoms. The van der Waals surface area contributed by atoms with E-state index in [1.807, 2.05) is 19.9 Å². The van der Waals surface area contributed by atoms with Crippen molar-refractivity contribution in [2.24, 2.45) is 5.14 Å². The van der Waals surface area contributed by atoms with E-state index < -0.39 is 10.2 Å². The molecule has 0 radical (unpaired) electrons. The molecule has 0 saturated heterocycles. The summed E-state index contributed by atoms with van der Waals surface area (Å²) >= 11 is 0. The monoisotopic (exact) mass is 231 g/mol. The van der Waals surface area contributed by atoms with E-state index in [0.29, 0.717) is 24.1 Å². The predicted molar refractivity (Wildman–Crippen MR) is 58.7 cm³/mol. The number of nitrogens with two attached hydrogens (primary N) is 1.